The fourth-order valence-corrected chi connectivity index (χ4v) is 2.66. The number of hydrogen-bond donors (Lipinski definition) is 1. The van der Waals surface area contributed by atoms with Crippen LogP contribution in [0.1, 0.15) is 5.56 Å². The number of aryl methyl sites for hydroxylation is 2. The van der Waals surface area contributed by atoms with Crippen molar-refractivity contribution in [1.82, 2.24) is 14.8 Å². The minimum absolute atomic E-state index is 0.0273. The highest BCUT2D eigenvalue weighted by molar-refractivity contribution is 7.91. The van der Waals surface area contributed by atoms with E-state index in [0.29, 0.717) is 6.42 Å². The van der Waals surface area contributed by atoms with Gasteiger partial charge in [-0.1, -0.05) is 30.3 Å². The normalized spacial score (nSPS) is 11.6. The van der Waals surface area contributed by atoms with Crippen molar-refractivity contribution in [3.63, 3.8) is 0 Å². The highest BCUT2D eigenvalue weighted by atomic mass is 32.2. The van der Waals surface area contributed by atoms with E-state index in [4.69, 9.17) is 5.73 Å². The summed E-state index contributed by atoms with van der Waals surface area (Å²) in [6.45, 7) is 0. The van der Waals surface area contributed by atoms with Crippen molar-refractivity contribution in [1.29, 1.82) is 0 Å². The number of nitrogens with two attached hydrogens (primary N) is 1. The number of aromatic nitrogens is 3. The van der Waals surface area contributed by atoms with Crippen LogP contribution in [0.3, 0.4) is 0 Å². The van der Waals surface area contributed by atoms with E-state index < -0.39 is 9.84 Å². The molecule has 7 heteroatoms. The Hall–Kier alpha value is -1.89. The molecule has 0 aliphatic carbocycles. The van der Waals surface area contributed by atoms with E-state index in [0.717, 1.165) is 5.56 Å². The Morgan fingerprint density at radius 3 is 2.50 bits per heavy atom. The van der Waals surface area contributed by atoms with Gasteiger partial charge < -0.3 is 5.73 Å². The Kier molecular flexibility index (Phi) is 3.33. The molecule has 0 bridgehead atoms. The lowest BCUT2D eigenvalue weighted by atomic mass is 10.2. The second kappa shape index (κ2) is 4.77. The summed E-state index contributed by atoms with van der Waals surface area (Å²) in [7, 11) is -1.93. The van der Waals surface area contributed by atoms with Crippen molar-refractivity contribution in [3.8, 4) is 0 Å². The minimum atomic E-state index is -3.48. The van der Waals surface area contributed by atoms with Gasteiger partial charge in [0.05, 0.1) is 5.75 Å². The van der Waals surface area contributed by atoms with Crippen LogP contribution >= 0.6 is 0 Å². The van der Waals surface area contributed by atoms with Crippen LogP contribution in [0.4, 0.5) is 5.95 Å². The van der Waals surface area contributed by atoms with E-state index in [-0.39, 0.29) is 16.9 Å². The van der Waals surface area contributed by atoms with Crippen LogP contribution in [0.2, 0.25) is 0 Å². The average molecular weight is 266 g/mol. The van der Waals surface area contributed by atoms with Crippen molar-refractivity contribution in [2.24, 2.45) is 7.05 Å². The third-order valence-corrected chi connectivity index (χ3v) is 4.03. The number of anilines is 1. The molecule has 1 heterocycles. The Bertz CT molecular complexity index is 615. The predicted molar refractivity (Wildman–Crippen MR) is 67.6 cm³/mol. The minimum Gasteiger partial charge on any atom is -0.368 e. The van der Waals surface area contributed by atoms with Gasteiger partial charge in [0.15, 0.2) is 0 Å². The van der Waals surface area contributed by atoms with Crippen molar-refractivity contribution in [2.45, 2.75) is 11.6 Å². The largest absolute Gasteiger partial charge is 0.368 e. The molecule has 0 saturated carbocycles. The topological polar surface area (TPSA) is 90.9 Å². The van der Waals surface area contributed by atoms with Crippen molar-refractivity contribution in [3.05, 3.63) is 35.9 Å². The maximum Gasteiger partial charge on any atom is 0.268 e. The number of rotatable bonds is 4. The first-order chi connectivity index (χ1) is 8.49. The highest BCUT2D eigenvalue weighted by Gasteiger charge is 2.20. The molecule has 1 aromatic heterocycles. The van der Waals surface area contributed by atoms with E-state index in [1.807, 2.05) is 30.3 Å². The summed E-state index contributed by atoms with van der Waals surface area (Å²) >= 11 is 0. The lowest BCUT2D eigenvalue weighted by molar-refractivity contribution is 0.583. The third kappa shape index (κ3) is 2.67. The molecule has 0 amide bonds. The van der Waals surface area contributed by atoms with Gasteiger partial charge in [-0.25, -0.2) is 13.1 Å². The summed E-state index contributed by atoms with van der Waals surface area (Å²) in [5, 5.41) is 3.58. The van der Waals surface area contributed by atoms with E-state index >= 15 is 0 Å². The monoisotopic (exact) mass is 266 g/mol. The highest BCUT2D eigenvalue weighted by Crippen LogP contribution is 2.10. The summed E-state index contributed by atoms with van der Waals surface area (Å²) in [5.41, 5.74) is 6.43. The fraction of sp³-hybridized carbons (Fsp3) is 0.273. The van der Waals surface area contributed by atoms with Crippen LogP contribution in [-0.2, 0) is 23.3 Å². The first kappa shape index (κ1) is 12.6. The molecule has 18 heavy (non-hydrogen) atoms. The Morgan fingerprint density at radius 2 is 1.94 bits per heavy atom. The molecule has 0 fully saturated rings. The third-order valence-electron chi connectivity index (χ3n) is 2.56. The zero-order valence-electron chi connectivity index (χ0n) is 9.94. The molecular weight excluding hydrogens is 252 g/mol. The molecule has 2 N–H and O–H groups in total. The molecule has 2 aromatic rings. The summed E-state index contributed by atoms with van der Waals surface area (Å²) in [5.74, 6) is 0.0637. The van der Waals surface area contributed by atoms with Crippen molar-refractivity contribution >= 4 is 15.8 Å². The summed E-state index contributed by atoms with van der Waals surface area (Å²) in [6.07, 6.45) is 0.432. The quantitative estimate of drug-likeness (QED) is 0.865. The van der Waals surface area contributed by atoms with E-state index in [1.54, 1.807) is 7.05 Å². The maximum absolute atomic E-state index is 12.0. The lowest BCUT2D eigenvalue weighted by Crippen LogP contribution is -2.11. The van der Waals surface area contributed by atoms with Crippen LogP contribution in [0, 0.1) is 0 Å². The standard InChI is InChI=1S/C11H14N4O2S/c1-15-10(12)13-11(14-15)18(16,17)8-7-9-5-3-2-4-6-9/h2-6H,7-8H2,1H3,(H2,12,13,14). The molecule has 0 spiro atoms. The summed E-state index contributed by atoms with van der Waals surface area (Å²) < 4.78 is 25.2. The number of hydrogen-bond acceptors (Lipinski definition) is 5. The number of nitrogens with zero attached hydrogens (tertiary/aromatic N) is 3. The molecular formula is C11H14N4O2S. The van der Waals surface area contributed by atoms with E-state index in [1.165, 1.54) is 4.68 Å². The Balaban J connectivity index is 2.13. The molecule has 0 atom stereocenters. The SMILES string of the molecule is Cn1nc(S(=O)(=O)CCc2ccccc2)nc1N. The second-order valence-electron chi connectivity index (χ2n) is 3.93. The van der Waals surface area contributed by atoms with Crippen molar-refractivity contribution < 1.29 is 8.42 Å². The molecule has 0 aliphatic heterocycles. The first-order valence-electron chi connectivity index (χ1n) is 5.42. The second-order valence-corrected chi connectivity index (χ2v) is 5.93. The maximum atomic E-state index is 12.0. The van der Waals surface area contributed by atoms with Gasteiger partial charge >= 0.3 is 0 Å². The summed E-state index contributed by atoms with van der Waals surface area (Å²) in [4.78, 5) is 3.74. The van der Waals surface area contributed by atoms with Gasteiger partial charge in [0, 0.05) is 7.05 Å². The Labute approximate surface area is 105 Å². The zero-order valence-corrected chi connectivity index (χ0v) is 10.8. The van der Waals surface area contributed by atoms with Crippen molar-refractivity contribution in [2.75, 3.05) is 11.5 Å². The van der Waals surface area contributed by atoms with Gasteiger partial charge in [-0.3, -0.25) is 0 Å². The number of nitrogen functional groups attached to an aromatic ring is 1. The van der Waals surface area contributed by atoms with Gasteiger partial charge in [-0.15, -0.1) is 5.10 Å². The van der Waals surface area contributed by atoms with Crippen LogP contribution < -0.4 is 5.73 Å². The van der Waals surface area contributed by atoms with Crippen LogP contribution in [0.25, 0.3) is 0 Å². The molecule has 1 aromatic carbocycles. The number of benzene rings is 1. The Morgan fingerprint density at radius 1 is 1.28 bits per heavy atom. The summed E-state index contributed by atoms with van der Waals surface area (Å²) in [6, 6.07) is 9.41. The molecule has 2 rings (SSSR count). The van der Waals surface area contributed by atoms with Gasteiger partial charge in [-0.05, 0) is 12.0 Å². The lowest BCUT2D eigenvalue weighted by Gasteiger charge is -2.00. The molecule has 0 unspecified atom stereocenters. The zero-order chi connectivity index (χ0) is 13.2. The fourth-order valence-electron chi connectivity index (χ4n) is 1.49. The predicted octanol–water partition coefficient (Wildman–Crippen LogP) is 0.414. The van der Waals surface area contributed by atoms with Crippen LogP contribution in [0.5, 0.6) is 0 Å². The van der Waals surface area contributed by atoms with Crippen LogP contribution in [0.15, 0.2) is 35.5 Å². The molecule has 0 saturated heterocycles. The molecule has 6 nitrogen and oxygen atoms in total. The van der Waals surface area contributed by atoms with Gasteiger partial charge in [0.2, 0.25) is 15.8 Å². The average Bonchev–Trinajstić information content (AvgIpc) is 2.70. The van der Waals surface area contributed by atoms with E-state index in [2.05, 4.69) is 10.1 Å². The van der Waals surface area contributed by atoms with Gasteiger partial charge in [0.1, 0.15) is 0 Å². The smallest absolute Gasteiger partial charge is 0.268 e. The molecule has 96 valence electrons. The van der Waals surface area contributed by atoms with Gasteiger partial charge in [-0.2, -0.15) is 4.98 Å². The number of sulfone groups is 1. The van der Waals surface area contributed by atoms with Crippen LogP contribution in [-0.4, -0.2) is 28.9 Å². The van der Waals surface area contributed by atoms with E-state index in [9.17, 15) is 8.42 Å². The van der Waals surface area contributed by atoms with Gasteiger partial charge in [0.25, 0.3) is 5.16 Å². The molecule has 0 aliphatic rings. The first-order valence-corrected chi connectivity index (χ1v) is 7.07. The molecule has 0 radical (unpaired) electrons.